The standard InChI is InChI=1S/C10H21N3O/c1-12-7-5-9(6-8-12)3-4-10(14)13(2)11/h9H,3-8,11H2,1-2H3. The van der Waals surface area contributed by atoms with E-state index in [1.165, 1.54) is 17.9 Å². The monoisotopic (exact) mass is 199 g/mol. The highest BCUT2D eigenvalue weighted by atomic mass is 16.2. The van der Waals surface area contributed by atoms with Crippen molar-refractivity contribution in [2.75, 3.05) is 27.2 Å². The fourth-order valence-electron chi connectivity index (χ4n) is 1.85. The first-order valence-corrected chi connectivity index (χ1v) is 5.29. The maximum absolute atomic E-state index is 11.2. The average molecular weight is 199 g/mol. The number of hydrogen-bond donors (Lipinski definition) is 1. The summed E-state index contributed by atoms with van der Waals surface area (Å²) in [7, 11) is 3.76. The van der Waals surface area contributed by atoms with Gasteiger partial charge >= 0.3 is 0 Å². The van der Waals surface area contributed by atoms with Crippen LogP contribution < -0.4 is 5.84 Å². The molecule has 0 bridgehead atoms. The van der Waals surface area contributed by atoms with E-state index in [4.69, 9.17) is 5.84 Å². The van der Waals surface area contributed by atoms with E-state index in [2.05, 4.69) is 11.9 Å². The number of nitrogens with zero attached hydrogens (tertiary/aromatic N) is 2. The molecule has 4 nitrogen and oxygen atoms in total. The third kappa shape index (κ3) is 3.64. The molecule has 0 aliphatic carbocycles. The van der Waals surface area contributed by atoms with E-state index in [-0.39, 0.29) is 5.91 Å². The highest BCUT2D eigenvalue weighted by molar-refractivity contribution is 5.75. The molecule has 1 saturated heterocycles. The van der Waals surface area contributed by atoms with Crippen molar-refractivity contribution in [2.24, 2.45) is 11.8 Å². The Bertz CT molecular complexity index is 186. The predicted octanol–water partition coefficient (Wildman–Crippen LogP) is 0.441. The fraction of sp³-hybridized carbons (Fsp3) is 0.900. The normalized spacial score (nSPS) is 19.6. The van der Waals surface area contributed by atoms with Gasteiger partial charge in [0.1, 0.15) is 0 Å². The Morgan fingerprint density at radius 1 is 1.50 bits per heavy atom. The van der Waals surface area contributed by atoms with Gasteiger partial charge in [-0.2, -0.15) is 0 Å². The zero-order valence-corrected chi connectivity index (χ0v) is 9.20. The SMILES string of the molecule is CN1CCC(CCC(=O)N(C)N)CC1. The number of rotatable bonds is 3. The van der Waals surface area contributed by atoms with Crippen molar-refractivity contribution >= 4 is 5.91 Å². The number of piperidine rings is 1. The summed E-state index contributed by atoms with van der Waals surface area (Å²) in [5.41, 5.74) is 0. The summed E-state index contributed by atoms with van der Waals surface area (Å²) in [6.07, 6.45) is 4.03. The van der Waals surface area contributed by atoms with Gasteiger partial charge in [0.15, 0.2) is 0 Å². The molecule has 0 aromatic rings. The van der Waals surface area contributed by atoms with Crippen molar-refractivity contribution in [3.8, 4) is 0 Å². The molecule has 2 N–H and O–H groups in total. The Kier molecular flexibility index (Phi) is 4.35. The van der Waals surface area contributed by atoms with Gasteiger partial charge in [-0.1, -0.05) is 0 Å². The smallest absolute Gasteiger partial charge is 0.236 e. The van der Waals surface area contributed by atoms with Crippen LogP contribution >= 0.6 is 0 Å². The van der Waals surface area contributed by atoms with Crippen LogP contribution in [0.4, 0.5) is 0 Å². The maximum atomic E-state index is 11.2. The van der Waals surface area contributed by atoms with Crippen LogP contribution in [-0.2, 0) is 4.79 Å². The molecular weight excluding hydrogens is 178 g/mol. The Balaban J connectivity index is 2.16. The fourth-order valence-corrected chi connectivity index (χ4v) is 1.85. The molecule has 1 aliphatic heterocycles. The van der Waals surface area contributed by atoms with Crippen LogP contribution in [-0.4, -0.2) is 43.0 Å². The second-order valence-electron chi connectivity index (χ2n) is 4.29. The molecule has 0 radical (unpaired) electrons. The zero-order valence-electron chi connectivity index (χ0n) is 9.20. The summed E-state index contributed by atoms with van der Waals surface area (Å²) in [5.74, 6) is 6.11. The van der Waals surface area contributed by atoms with Gasteiger partial charge in [0.2, 0.25) is 5.91 Å². The number of amides is 1. The average Bonchev–Trinajstić information content (AvgIpc) is 2.16. The van der Waals surface area contributed by atoms with Gasteiger partial charge in [-0.05, 0) is 45.3 Å². The summed E-state index contributed by atoms with van der Waals surface area (Å²) in [6, 6.07) is 0. The largest absolute Gasteiger partial charge is 0.306 e. The van der Waals surface area contributed by atoms with E-state index in [1.54, 1.807) is 7.05 Å². The zero-order chi connectivity index (χ0) is 10.6. The lowest BCUT2D eigenvalue weighted by Gasteiger charge is -2.28. The van der Waals surface area contributed by atoms with Crippen LogP contribution in [0.1, 0.15) is 25.7 Å². The third-order valence-corrected chi connectivity index (χ3v) is 3.00. The lowest BCUT2D eigenvalue weighted by Crippen LogP contribution is -2.34. The van der Waals surface area contributed by atoms with Crippen LogP contribution in [0, 0.1) is 5.92 Å². The van der Waals surface area contributed by atoms with Crippen LogP contribution in [0.3, 0.4) is 0 Å². The molecule has 1 amide bonds. The Morgan fingerprint density at radius 2 is 2.07 bits per heavy atom. The van der Waals surface area contributed by atoms with Gasteiger partial charge in [0.25, 0.3) is 0 Å². The predicted molar refractivity (Wildman–Crippen MR) is 56.4 cm³/mol. The lowest BCUT2D eigenvalue weighted by atomic mass is 9.92. The second-order valence-corrected chi connectivity index (χ2v) is 4.29. The Labute approximate surface area is 86.0 Å². The molecule has 1 aliphatic rings. The topological polar surface area (TPSA) is 49.6 Å². The molecule has 1 heterocycles. The van der Waals surface area contributed by atoms with Gasteiger partial charge < -0.3 is 4.90 Å². The van der Waals surface area contributed by atoms with Gasteiger partial charge in [0, 0.05) is 13.5 Å². The Hall–Kier alpha value is -0.610. The molecule has 0 atom stereocenters. The van der Waals surface area contributed by atoms with Gasteiger partial charge in [0.05, 0.1) is 0 Å². The summed E-state index contributed by atoms with van der Waals surface area (Å²) < 4.78 is 0. The molecule has 4 heteroatoms. The van der Waals surface area contributed by atoms with E-state index in [9.17, 15) is 4.79 Å². The first-order chi connectivity index (χ1) is 6.59. The molecule has 0 aromatic heterocycles. The van der Waals surface area contributed by atoms with Crippen molar-refractivity contribution in [3.05, 3.63) is 0 Å². The van der Waals surface area contributed by atoms with E-state index < -0.39 is 0 Å². The van der Waals surface area contributed by atoms with Gasteiger partial charge in [-0.25, -0.2) is 5.84 Å². The number of carbonyl (C=O) groups excluding carboxylic acids is 1. The summed E-state index contributed by atoms with van der Waals surface area (Å²) >= 11 is 0. The van der Waals surface area contributed by atoms with Crippen molar-refractivity contribution < 1.29 is 4.79 Å². The van der Waals surface area contributed by atoms with Crippen molar-refractivity contribution in [1.82, 2.24) is 9.91 Å². The van der Waals surface area contributed by atoms with Crippen molar-refractivity contribution in [3.63, 3.8) is 0 Å². The first kappa shape index (κ1) is 11.5. The molecule has 14 heavy (non-hydrogen) atoms. The molecule has 1 fully saturated rings. The van der Waals surface area contributed by atoms with Crippen molar-refractivity contribution in [1.29, 1.82) is 0 Å². The minimum atomic E-state index is 0.0453. The highest BCUT2D eigenvalue weighted by Crippen LogP contribution is 2.20. The van der Waals surface area contributed by atoms with Crippen LogP contribution in [0.15, 0.2) is 0 Å². The van der Waals surface area contributed by atoms with E-state index >= 15 is 0 Å². The minimum Gasteiger partial charge on any atom is -0.306 e. The van der Waals surface area contributed by atoms with Crippen molar-refractivity contribution in [2.45, 2.75) is 25.7 Å². The quantitative estimate of drug-likeness (QED) is 0.407. The highest BCUT2D eigenvalue weighted by Gasteiger charge is 2.17. The van der Waals surface area contributed by atoms with Crippen LogP contribution in [0.2, 0.25) is 0 Å². The minimum absolute atomic E-state index is 0.0453. The molecular formula is C10H21N3O. The Morgan fingerprint density at radius 3 is 2.57 bits per heavy atom. The van der Waals surface area contributed by atoms with E-state index in [1.807, 2.05) is 0 Å². The summed E-state index contributed by atoms with van der Waals surface area (Å²) in [4.78, 5) is 13.6. The lowest BCUT2D eigenvalue weighted by molar-refractivity contribution is -0.130. The first-order valence-electron chi connectivity index (χ1n) is 5.29. The second kappa shape index (κ2) is 5.32. The molecule has 0 aromatic carbocycles. The third-order valence-electron chi connectivity index (χ3n) is 3.00. The van der Waals surface area contributed by atoms with Crippen LogP contribution in [0.25, 0.3) is 0 Å². The maximum Gasteiger partial charge on any atom is 0.236 e. The molecule has 0 spiro atoms. The summed E-state index contributed by atoms with van der Waals surface area (Å²) in [5, 5.41) is 1.19. The van der Waals surface area contributed by atoms with E-state index in [0.717, 1.165) is 25.4 Å². The van der Waals surface area contributed by atoms with Gasteiger partial charge in [-0.15, -0.1) is 0 Å². The number of likely N-dealkylation sites (tertiary alicyclic amines) is 1. The number of nitrogens with two attached hydrogens (primary N) is 1. The van der Waals surface area contributed by atoms with Gasteiger partial charge in [-0.3, -0.25) is 9.80 Å². The molecule has 82 valence electrons. The van der Waals surface area contributed by atoms with E-state index in [0.29, 0.717) is 6.42 Å². The molecule has 1 rings (SSSR count). The summed E-state index contributed by atoms with van der Waals surface area (Å²) in [6.45, 7) is 2.33. The number of carbonyl (C=O) groups is 1. The number of hydrazine groups is 1. The van der Waals surface area contributed by atoms with Crippen LogP contribution in [0.5, 0.6) is 0 Å². The molecule has 0 unspecified atom stereocenters. The number of hydrogen-bond acceptors (Lipinski definition) is 3. The molecule has 0 saturated carbocycles.